The van der Waals surface area contributed by atoms with Crippen molar-refractivity contribution in [2.24, 2.45) is 34.5 Å². The van der Waals surface area contributed by atoms with Gasteiger partial charge in [-0.15, -0.1) is 0 Å². The topological polar surface area (TPSA) is 77.8 Å². The Bertz CT molecular complexity index is 689. The van der Waals surface area contributed by atoms with Crippen LogP contribution in [0.2, 0.25) is 0 Å². The van der Waals surface area contributed by atoms with Gasteiger partial charge in [-0.05, 0) is 74.3 Å². The quantitative estimate of drug-likeness (QED) is 0.620. The third-order valence-electron chi connectivity index (χ3n) is 8.68. The molecule has 0 heterocycles. The van der Waals surface area contributed by atoms with Gasteiger partial charge in [0.25, 0.3) is 0 Å². The number of ketones is 1. The van der Waals surface area contributed by atoms with Crippen LogP contribution in [-0.2, 0) is 4.79 Å². The van der Waals surface area contributed by atoms with Crippen LogP contribution in [0.3, 0.4) is 0 Å². The molecular weight excluding hydrogens is 383 g/mol. The third-order valence-corrected chi connectivity index (χ3v) is 8.68. The average molecular weight is 425 g/mol. The summed E-state index contributed by atoms with van der Waals surface area (Å²) >= 11 is 0. The van der Waals surface area contributed by atoms with Crippen molar-refractivity contribution in [3.63, 3.8) is 0 Å². The molecule has 3 saturated carbocycles. The molecule has 0 radical (unpaired) electrons. The number of hydrogen-bond donors (Lipinski definition) is 3. The van der Waals surface area contributed by atoms with Crippen LogP contribution in [0.1, 0.15) is 66.7 Å². The Morgan fingerprint density at radius 3 is 2.43 bits per heavy atom. The normalized spacial score (nSPS) is 46.3. The Morgan fingerprint density at radius 1 is 1.20 bits per heavy atom. The lowest BCUT2D eigenvalue weighted by Crippen LogP contribution is -2.66. The highest BCUT2D eigenvalue weighted by molar-refractivity contribution is 6.01. The Hall–Kier alpha value is -1.04. The minimum Gasteiger partial charge on any atom is -0.400 e. The SMILES string of the molecule is CC.CO.C[C@@H]1C[C@H]2C3CCC4=CC(=O)C=CC4(C)[C@@]3(F)C(O)CC2(C)C1CCO. The van der Waals surface area contributed by atoms with Gasteiger partial charge in [0.2, 0.25) is 0 Å². The van der Waals surface area contributed by atoms with Gasteiger partial charge in [-0.1, -0.05) is 39.3 Å². The zero-order valence-electron chi connectivity index (χ0n) is 19.5. The lowest BCUT2D eigenvalue weighted by molar-refractivity contribution is -0.195. The summed E-state index contributed by atoms with van der Waals surface area (Å²) < 4.78 is 16.8. The summed E-state index contributed by atoms with van der Waals surface area (Å²) in [4.78, 5) is 11.8. The van der Waals surface area contributed by atoms with Crippen molar-refractivity contribution in [1.29, 1.82) is 0 Å². The molecule has 4 aliphatic rings. The summed E-state index contributed by atoms with van der Waals surface area (Å²) in [5, 5.41) is 27.7. The van der Waals surface area contributed by atoms with Crippen LogP contribution in [0.5, 0.6) is 0 Å². The number of carbonyl (C=O) groups excluding carboxylic acids is 1. The van der Waals surface area contributed by atoms with Gasteiger partial charge in [-0.3, -0.25) is 4.79 Å². The van der Waals surface area contributed by atoms with E-state index in [1.54, 1.807) is 12.2 Å². The van der Waals surface area contributed by atoms with Crippen molar-refractivity contribution >= 4 is 5.78 Å². The van der Waals surface area contributed by atoms with Crippen LogP contribution in [0.15, 0.2) is 23.8 Å². The lowest BCUT2D eigenvalue weighted by atomic mass is 9.45. The molecule has 0 saturated heterocycles. The summed E-state index contributed by atoms with van der Waals surface area (Å²) in [6, 6.07) is 0. The van der Waals surface area contributed by atoms with Crippen LogP contribution in [0.25, 0.3) is 0 Å². The fraction of sp³-hybridized carbons (Fsp3) is 0.800. The van der Waals surface area contributed by atoms with Crippen molar-refractivity contribution in [1.82, 2.24) is 0 Å². The molecule has 30 heavy (non-hydrogen) atoms. The number of alkyl halides is 1. The fourth-order valence-corrected chi connectivity index (χ4v) is 7.43. The molecule has 4 rings (SSSR count). The molecular formula is C25H41FO4. The van der Waals surface area contributed by atoms with Crippen molar-refractivity contribution < 1.29 is 24.5 Å². The number of aliphatic hydroxyl groups excluding tert-OH is 3. The molecule has 3 fully saturated rings. The van der Waals surface area contributed by atoms with Gasteiger partial charge in [-0.25, -0.2) is 4.39 Å². The van der Waals surface area contributed by atoms with E-state index in [1.165, 1.54) is 6.08 Å². The van der Waals surface area contributed by atoms with E-state index in [4.69, 9.17) is 5.11 Å². The van der Waals surface area contributed by atoms with E-state index >= 15 is 4.39 Å². The number of aliphatic hydroxyl groups is 3. The van der Waals surface area contributed by atoms with Crippen molar-refractivity contribution in [3.05, 3.63) is 23.8 Å². The maximum Gasteiger partial charge on any atom is 0.178 e. The Morgan fingerprint density at radius 2 is 1.83 bits per heavy atom. The van der Waals surface area contributed by atoms with Gasteiger partial charge in [0.1, 0.15) is 0 Å². The maximum absolute atomic E-state index is 16.8. The van der Waals surface area contributed by atoms with E-state index in [1.807, 2.05) is 20.8 Å². The van der Waals surface area contributed by atoms with Crippen molar-refractivity contribution in [2.75, 3.05) is 13.7 Å². The molecule has 5 heteroatoms. The molecule has 3 N–H and O–H groups in total. The van der Waals surface area contributed by atoms with Gasteiger partial charge in [-0.2, -0.15) is 0 Å². The second-order valence-electron chi connectivity index (χ2n) is 9.68. The highest BCUT2D eigenvalue weighted by Gasteiger charge is 2.70. The number of carbonyl (C=O) groups is 1. The monoisotopic (exact) mass is 424 g/mol. The zero-order valence-corrected chi connectivity index (χ0v) is 19.5. The van der Waals surface area contributed by atoms with E-state index in [2.05, 4.69) is 13.8 Å². The third kappa shape index (κ3) is 3.41. The average Bonchev–Trinajstić information content (AvgIpc) is 2.97. The molecule has 5 unspecified atom stereocenters. The Balaban J connectivity index is 0.000000757. The van der Waals surface area contributed by atoms with Gasteiger partial charge in [0.05, 0.1) is 6.10 Å². The first-order valence-corrected chi connectivity index (χ1v) is 11.5. The van der Waals surface area contributed by atoms with Crippen LogP contribution < -0.4 is 0 Å². The second kappa shape index (κ2) is 9.22. The van der Waals surface area contributed by atoms with E-state index in [9.17, 15) is 15.0 Å². The van der Waals surface area contributed by atoms with E-state index in [0.29, 0.717) is 24.7 Å². The molecule has 8 atom stereocenters. The summed E-state index contributed by atoms with van der Waals surface area (Å²) in [6.07, 6.45) is 7.26. The fourth-order valence-electron chi connectivity index (χ4n) is 7.43. The summed E-state index contributed by atoms with van der Waals surface area (Å²) in [5.74, 6) is 0.686. The molecule has 4 aliphatic carbocycles. The van der Waals surface area contributed by atoms with E-state index in [0.717, 1.165) is 31.9 Å². The van der Waals surface area contributed by atoms with Gasteiger partial charge in [0, 0.05) is 25.0 Å². The Kier molecular flexibility index (Phi) is 7.75. The smallest absolute Gasteiger partial charge is 0.178 e. The zero-order chi connectivity index (χ0) is 22.9. The van der Waals surface area contributed by atoms with E-state index < -0.39 is 17.2 Å². The minimum absolute atomic E-state index is 0.0767. The molecule has 4 nitrogen and oxygen atoms in total. The van der Waals surface area contributed by atoms with Crippen LogP contribution >= 0.6 is 0 Å². The Labute approximate surface area is 181 Å². The highest BCUT2D eigenvalue weighted by Crippen LogP contribution is 2.70. The number of fused-ring (bicyclic) bond motifs is 5. The first kappa shape index (κ1) is 25.2. The van der Waals surface area contributed by atoms with E-state index in [-0.39, 0.29) is 29.6 Å². The van der Waals surface area contributed by atoms with Gasteiger partial charge >= 0.3 is 0 Å². The molecule has 0 aliphatic heterocycles. The summed E-state index contributed by atoms with van der Waals surface area (Å²) in [5.41, 5.74) is -1.92. The number of halogens is 1. The first-order chi connectivity index (χ1) is 14.2. The van der Waals surface area contributed by atoms with Gasteiger partial charge < -0.3 is 15.3 Å². The van der Waals surface area contributed by atoms with Crippen LogP contribution in [0.4, 0.5) is 4.39 Å². The molecule has 0 aromatic carbocycles. The summed E-state index contributed by atoms with van der Waals surface area (Å²) in [7, 11) is 1.00. The lowest BCUT2D eigenvalue weighted by Gasteiger charge is -2.62. The van der Waals surface area contributed by atoms with Gasteiger partial charge in [0.15, 0.2) is 11.5 Å². The second-order valence-corrected chi connectivity index (χ2v) is 9.68. The first-order valence-electron chi connectivity index (χ1n) is 11.5. The predicted molar refractivity (Wildman–Crippen MR) is 118 cm³/mol. The molecule has 0 aromatic rings. The van der Waals surface area contributed by atoms with Crippen LogP contribution in [-0.4, -0.2) is 46.6 Å². The predicted octanol–water partition coefficient (Wildman–Crippen LogP) is 4.24. The van der Waals surface area contributed by atoms with Crippen molar-refractivity contribution in [3.8, 4) is 0 Å². The highest BCUT2D eigenvalue weighted by atomic mass is 19.1. The molecule has 0 amide bonds. The molecule has 0 bridgehead atoms. The molecule has 0 aromatic heterocycles. The van der Waals surface area contributed by atoms with Crippen molar-refractivity contribution in [2.45, 2.75) is 78.5 Å². The van der Waals surface area contributed by atoms with Crippen LogP contribution in [0, 0.1) is 34.5 Å². The molecule has 0 spiro atoms. The number of allylic oxidation sites excluding steroid dienone is 4. The number of rotatable bonds is 2. The summed E-state index contributed by atoms with van der Waals surface area (Å²) in [6.45, 7) is 10.4. The largest absolute Gasteiger partial charge is 0.400 e. The maximum atomic E-state index is 16.8. The standard InChI is InChI=1S/C22H31FO3.C2H6.CH4O/c1-13-10-18-17-5-4-14-11-15(25)6-8-21(14,3)22(17,23)19(26)12-20(18,2)16(13)7-9-24;2*1-2/h6,8,11,13,16-19,24,26H,4-5,7,9-10,12H2,1-3H3;1-2H3;2H,1H3/t13-,16?,17?,18+,19?,20?,21?,22+;;/m1../s1. The number of hydrogen-bond acceptors (Lipinski definition) is 4. The minimum atomic E-state index is -1.73. The molecule has 172 valence electrons.